The molecule has 3 N–H and O–H groups in total. The van der Waals surface area contributed by atoms with E-state index >= 15 is 0 Å². The van der Waals surface area contributed by atoms with E-state index in [4.69, 9.17) is 15.2 Å². The van der Waals surface area contributed by atoms with Gasteiger partial charge in [-0.1, -0.05) is 48.5 Å². The number of phenolic OH excluding ortho intramolecular Hbond substituents is 1. The third-order valence-corrected chi connectivity index (χ3v) is 9.13. The van der Waals surface area contributed by atoms with Crippen molar-refractivity contribution in [3.63, 3.8) is 0 Å². The summed E-state index contributed by atoms with van der Waals surface area (Å²) in [5, 5.41) is 18.9. The predicted molar refractivity (Wildman–Crippen MR) is 173 cm³/mol. The van der Waals surface area contributed by atoms with Crippen molar-refractivity contribution in [3.05, 3.63) is 90.5 Å². The van der Waals surface area contributed by atoms with E-state index in [2.05, 4.69) is 38.2 Å². The molecule has 7 rings (SSSR count). The number of benzene rings is 3. The summed E-state index contributed by atoms with van der Waals surface area (Å²) in [6, 6.07) is 27.9. The van der Waals surface area contributed by atoms with Crippen LogP contribution in [0.5, 0.6) is 11.5 Å². The molecular weight excluding hydrogens is 568 g/mol. The number of nitrogens with zero attached hydrogens (tertiary/aromatic N) is 5. The van der Waals surface area contributed by atoms with Crippen LogP contribution in [0.4, 0.5) is 22.0 Å². The van der Waals surface area contributed by atoms with E-state index in [1.54, 1.807) is 17.0 Å². The minimum absolute atomic E-state index is 0.0485. The van der Waals surface area contributed by atoms with Crippen LogP contribution in [0, 0.1) is 0 Å². The van der Waals surface area contributed by atoms with Gasteiger partial charge < -0.3 is 35.0 Å². The zero-order valence-electron chi connectivity index (χ0n) is 25.2. The highest BCUT2D eigenvalue weighted by Crippen LogP contribution is 2.40. The lowest BCUT2D eigenvalue weighted by Gasteiger charge is -2.43. The number of carbonyl (C=O) groups excluding carboxylic acids is 1. The van der Waals surface area contributed by atoms with Gasteiger partial charge in [0.25, 0.3) is 0 Å². The molecular formula is C35H38N6O4. The van der Waals surface area contributed by atoms with E-state index in [1.807, 2.05) is 54.6 Å². The molecule has 0 saturated carbocycles. The van der Waals surface area contributed by atoms with Crippen LogP contribution in [0.3, 0.4) is 0 Å². The first kappa shape index (κ1) is 28.8. The third kappa shape index (κ3) is 6.18. The molecule has 4 aromatic rings. The lowest BCUT2D eigenvalue weighted by atomic mass is 10.1. The van der Waals surface area contributed by atoms with Crippen molar-refractivity contribution in [2.24, 2.45) is 0 Å². The highest BCUT2D eigenvalue weighted by Gasteiger charge is 2.41. The topological polar surface area (TPSA) is 117 Å². The minimum Gasteiger partial charge on any atom is -0.507 e. The van der Waals surface area contributed by atoms with Crippen LogP contribution in [0.15, 0.2) is 84.9 Å². The van der Waals surface area contributed by atoms with E-state index in [-0.39, 0.29) is 24.6 Å². The number of hydrogen-bond acceptors (Lipinski definition) is 9. The zero-order valence-corrected chi connectivity index (χ0v) is 25.2. The number of rotatable bonds is 7. The molecule has 1 amide bonds. The van der Waals surface area contributed by atoms with Gasteiger partial charge in [0.05, 0.1) is 11.4 Å². The molecule has 2 unspecified atom stereocenters. The van der Waals surface area contributed by atoms with Gasteiger partial charge in [0.15, 0.2) is 5.82 Å². The summed E-state index contributed by atoms with van der Waals surface area (Å²) >= 11 is 0. The number of aromatic hydroxyl groups is 1. The third-order valence-electron chi connectivity index (χ3n) is 9.13. The van der Waals surface area contributed by atoms with Gasteiger partial charge in [0.2, 0.25) is 0 Å². The van der Waals surface area contributed by atoms with Crippen LogP contribution < -0.4 is 20.3 Å². The number of anilines is 3. The molecule has 0 radical (unpaired) electrons. The highest BCUT2D eigenvalue weighted by molar-refractivity contribution is 5.74. The van der Waals surface area contributed by atoms with Gasteiger partial charge in [-0.3, -0.25) is 0 Å². The molecule has 2 atom stereocenters. The first-order valence-electron chi connectivity index (χ1n) is 15.7. The molecule has 2 bridgehead atoms. The van der Waals surface area contributed by atoms with Crippen molar-refractivity contribution in [2.75, 3.05) is 41.7 Å². The van der Waals surface area contributed by atoms with Gasteiger partial charge in [0, 0.05) is 68.4 Å². The number of nitrogens with two attached hydrogens (primary N) is 1. The maximum Gasteiger partial charge on any atom is 0.410 e. The molecule has 0 aliphatic carbocycles. The second kappa shape index (κ2) is 12.6. The Labute approximate surface area is 263 Å². The van der Waals surface area contributed by atoms with Crippen molar-refractivity contribution in [1.29, 1.82) is 0 Å². The van der Waals surface area contributed by atoms with Crippen LogP contribution >= 0.6 is 0 Å². The van der Waals surface area contributed by atoms with Gasteiger partial charge in [-0.25, -0.2) is 4.79 Å². The first-order valence-corrected chi connectivity index (χ1v) is 15.7. The number of aromatic nitrogens is 2. The number of piperidine rings is 1. The van der Waals surface area contributed by atoms with E-state index in [9.17, 15) is 9.90 Å². The fourth-order valence-corrected chi connectivity index (χ4v) is 6.86. The predicted octanol–water partition coefficient (Wildman–Crippen LogP) is 5.47. The molecule has 0 spiro atoms. The number of para-hydroxylation sites is 1. The quantitative estimate of drug-likeness (QED) is 0.282. The number of nitrogen functional groups attached to an aromatic ring is 1. The maximum atomic E-state index is 12.6. The number of likely N-dealkylation sites (tertiary alicyclic amines) is 1. The minimum atomic E-state index is -0.271. The Hall–Kier alpha value is -4.99. The maximum absolute atomic E-state index is 12.6. The van der Waals surface area contributed by atoms with Crippen LogP contribution in [-0.4, -0.2) is 70.7 Å². The Morgan fingerprint density at radius 2 is 1.60 bits per heavy atom. The molecule has 232 valence electrons. The molecule has 3 aliphatic heterocycles. The van der Waals surface area contributed by atoms with Crippen LogP contribution in [-0.2, 0) is 11.3 Å². The summed E-state index contributed by atoms with van der Waals surface area (Å²) in [6.07, 6.45) is 3.49. The van der Waals surface area contributed by atoms with E-state index in [1.165, 1.54) is 0 Å². The largest absolute Gasteiger partial charge is 0.507 e. The number of piperazine rings is 1. The number of carbonyl (C=O) groups is 1. The average Bonchev–Trinajstić information content (AvgIpc) is 3.34. The van der Waals surface area contributed by atoms with Crippen molar-refractivity contribution >= 4 is 23.3 Å². The monoisotopic (exact) mass is 606 g/mol. The van der Waals surface area contributed by atoms with Crippen LogP contribution in [0.25, 0.3) is 11.3 Å². The summed E-state index contributed by atoms with van der Waals surface area (Å²) in [5.41, 5.74) is 10.6. The number of hydrogen-bond donors (Lipinski definition) is 2. The van der Waals surface area contributed by atoms with E-state index < -0.39 is 0 Å². The van der Waals surface area contributed by atoms with Crippen molar-refractivity contribution in [1.82, 2.24) is 15.1 Å². The average molecular weight is 607 g/mol. The first-order chi connectivity index (χ1) is 22.0. The molecule has 3 saturated heterocycles. The summed E-state index contributed by atoms with van der Waals surface area (Å²) in [4.78, 5) is 19.2. The molecule has 10 heteroatoms. The van der Waals surface area contributed by atoms with E-state index in [0.29, 0.717) is 42.2 Å². The van der Waals surface area contributed by atoms with Gasteiger partial charge >= 0.3 is 6.09 Å². The fraction of sp³-hybridized carbons (Fsp3) is 0.343. The Bertz CT molecular complexity index is 1630. The van der Waals surface area contributed by atoms with Crippen LogP contribution in [0.2, 0.25) is 0 Å². The zero-order chi connectivity index (χ0) is 30.8. The number of phenols is 1. The Morgan fingerprint density at radius 1 is 0.867 bits per heavy atom. The van der Waals surface area contributed by atoms with Crippen molar-refractivity contribution < 1.29 is 19.4 Å². The second-order valence-corrected chi connectivity index (χ2v) is 12.1. The van der Waals surface area contributed by atoms with Crippen molar-refractivity contribution in [2.45, 2.75) is 50.5 Å². The summed E-state index contributed by atoms with van der Waals surface area (Å²) < 4.78 is 12.0. The number of fused-ring (bicyclic) bond motifs is 2. The molecule has 10 nitrogen and oxygen atoms in total. The Kier molecular flexibility index (Phi) is 8.02. The Balaban J connectivity index is 0.968. The van der Waals surface area contributed by atoms with Crippen LogP contribution in [0.1, 0.15) is 31.2 Å². The smallest absolute Gasteiger partial charge is 0.410 e. The van der Waals surface area contributed by atoms with Gasteiger partial charge in [-0.05, 0) is 48.7 Å². The fourth-order valence-electron chi connectivity index (χ4n) is 6.86. The lowest BCUT2D eigenvalue weighted by Crippen LogP contribution is -2.54. The Morgan fingerprint density at radius 3 is 2.36 bits per heavy atom. The van der Waals surface area contributed by atoms with E-state index in [0.717, 1.165) is 61.5 Å². The number of amides is 1. The standard InChI is InChI=1S/C35H38N6O4/c36-34-32(20-31(37-38-34)30-11-4-5-12-33(30)42)40-21-26-13-14-27(22-40)41(26)25-9-6-10-29(19-25)45-28-15-17-39(18-16-28)35(43)44-23-24-7-2-1-3-8-24/h1-12,19-20,26-28,42H,13-18,21-23H2,(H2,36,38). The molecule has 3 aliphatic rings. The highest BCUT2D eigenvalue weighted by atomic mass is 16.6. The van der Waals surface area contributed by atoms with Gasteiger partial charge in [-0.2, -0.15) is 0 Å². The number of ether oxygens (including phenoxy) is 2. The van der Waals surface area contributed by atoms with Gasteiger partial charge in [0.1, 0.15) is 24.2 Å². The summed E-state index contributed by atoms with van der Waals surface area (Å²) in [5.74, 6) is 1.42. The normalized spacial score (nSPS) is 19.9. The summed E-state index contributed by atoms with van der Waals surface area (Å²) in [6.45, 7) is 3.14. The lowest BCUT2D eigenvalue weighted by molar-refractivity contribution is 0.0638. The molecule has 3 aromatic carbocycles. The van der Waals surface area contributed by atoms with Gasteiger partial charge in [-0.15, -0.1) is 10.2 Å². The van der Waals surface area contributed by atoms with Crippen molar-refractivity contribution in [3.8, 4) is 22.8 Å². The molecule has 4 heterocycles. The summed E-state index contributed by atoms with van der Waals surface area (Å²) in [7, 11) is 0. The second-order valence-electron chi connectivity index (χ2n) is 12.1. The molecule has 3 fully saturated rings. The SMILES string of the molecule is Nc1nnc(-c2ccccc2O)cc1N1CC2CCC(C1)N2c1cccc(OC2CCN(C(=O)OCc3ccccc3)CC2)c1. The molecule has 45 heavy (non-hydrogen) atoms. The molecule has 1 aromatic heterocycles.